The first-order chi connectivity index (χ1) is 16.4. The minimum atomic E-state index is -0.579. The van der Waals surface area contributed by atoms with Gasteiger partial charge in [0, 0.05) is 49.2 Å². The van der Waals surface area contributed by atoms with E-state index < -0.39 is 5.97 Å². The Morgan fingerprint density at radius 2 is 1.65 bits per heavy atom. The summed E-state index contributed by atoms with van der Waals surface area (Å²) < 4.78 is 20.1. The van der Waals surface area contributed by atoms with Gasteiger partial charge in [-0.1, -0.05) is 18.2 Å². The van der Waals surface area contributed by atoms with Crippen LogP contribution in [0, 0.1) is 19.7 Å². The van der Waals surface area contributed by atoms with E-state index in [1.54, 1.807) is 23.1 Å². The molecule has 2 heterocycles. The highest BCUT2D eigenvalue weighted by Crippen LogP contribution is 2.19. The van der Waals surface area contributed by atoms with Gasteiger partial charge < -0.3 is 14.5 Å². The Hall–Kier alpha value is -3.94. The molecule has 0 bridgehead atoms. The van der Waals surface area contributed by atoms with Gasteiger partial charge in [0.05, 0.1) is 11.4 Å². The molecule has 3 aromatic rings. The van der Waals surface area contributed by atoms with Crippen molar-refractivity contribution in [3.05, 3.63) is 83.4 Å². The van der Waals surface area contributed by atoms with E-state index in [2.05, 4.69) is 10.00 Å². The number of hydrogen-bond donors (Lipinski definition) is 0. The number of halogens is 1. The van der Waals surface area contributed by atoms with Gasteiger partial charge in [-0.25, -0.2) is 13.9 Å². The Labute approximate surface area is 198 Å². The first kappa shape index (κ1) is 23.2. The van der Waals surface area contributed by atoms with Crippen LogP contribution < -0.4 is 4.90 Å². The minimum Gasteiger partial charge on any atom is -0.452 e. The monoisotopic (exact) mass is 462 g/mol. The van der Waals surface area contributed by atoms with Crippen molar-refractivity contribution in [1.29, 1.82) is 0 Å². The number of hydrogen-bond acceptors (Lipinski definition) is 5. The van der Waals surface area contributed by atoms with Crippen molar-refractivity contribution in [3.63, 3.8) is 0 Å². The molecular formula is C26H27FN4O3. The molecule has 176 valence electrons. The highest BCUT2D eigenvalue weighted by atomic mass is 19.1. The van der Waals surface area contributed by atoms with Crippen LogP contribution in [0.1, 0.15) is 17.0 Å². The lowest BCUT2D eigenvalue weighted by Crippen LogP contribution is -2.49. The van der Waals surface area contributed by atoms with Crippen molar-refractivity contribution in [3.8, 4) is 5.69 Å². The summed E-state index contributed by atoms with van der Waals surface area (Å²) in [5.74, 6) is -1.09. The highest BCUT2D eigenvalue weighted by Gasteiger charge is 2.22. The summed E-state index contributed by atoms with van der Waals surface area (Å²) in [6, 6.07) is 16.1. The lowest BCUT2D eigenvalue weighted by molar-refractivity contribution is -0.148. The predicted octanol–water partition coefficient (Wildman–Crippen LogP) is 3.53. The molecule has 1 aliphatic rings. The van der Waals surface area contributed by atoms with Gasteiger partial charge in [0.2, 0.25) is 0 Å². The number of aromatic nitrogens is 2. The second kappa shape index (κ2) is 10.3. The molecule has 1 amide bonds. The van der Waals surface area contributed by atoms with Gasteiger partial charge in [-0.05, 0) is 56.3 Å². The van der Waals surface area contributed by atoms with Crippen LogP contribution in [0.5, 0.6) is 0 Å². The van der Waals surface area contributed by atoms with E-state index in [1.165, 1.54) is 18.2 Å². The summed E-state index contributed by atoms with van der Waals surface area (Å²) in [4.78, 5) is 28.5. The number of carbonyl (C=O) groups excluding carboxylic acids is 2. The summed E-state index contributed by atoms with van der Waals surface area (Å²) in [6.07, 6.45) is 3.00. The maximum absolute atomic E-state index is 13.1. The number of piperazine rings is 1. The van der Waals surface area contributed by atoms with Crippen LogP contribution in [0.15, 0.2) is 60.7 Å². The zero-order chi connectivity index (χ0) is 24.1. The van der Waals surface area contributed by atoms with Crippen molar-refractivity contribution in [2.24, 2.45) is 0 Å². The second-order valence-electron chi connectivity index (χ2n) is 8.12. The minimum absolute atomic E-state index is 0.232. The molecule has 1 aromatic heterocycles. The summed E-state index contributed by atoms with van der Waals surface area (Å²) in [6.45, 7) is 5.81. The van der Waals surface area contributed by atoms with Crippen LogP contribution in [-0.2, 0) is 14.3 Å². The number of esters is 1. The number of ether oxygens (including phenoxy) is 1. The molecular weight excluding hydrogens is 435 g/mol. The van der Waals surface area contributed by atoms with E-state index >= 15 is 0 Å². The van der Waals surface area contributed by atoms with E-state index in [0.717, 1.165) is 28.3 Å². The number of benzene rings is 2. The largest absolute Gasteiger partial charge is 0.452 e. The second-order valence-corrected chi connectivity index (χ2v) is 8.12. The van der Waals surface area contributed by atoms with Gasteiger partial charge >= 0.3 is 5.97 Å². The quantitative estimate of drug-likeness (QED) is 0.414. The van der Waals surface area contributed by atoms with E-state index in [0.29, 0.717) is 26.2 Å². The molecule has 0 unspecified atom stereocenters. The summed E-state index contributed by atoms with van der Waals surface area (Å²) in [7, 11) is 0. The summed E-state index contributed by atoms with van der Waals surface area (Å²) in [5, 5.41) is 4.56. The fourth-order valence-electron chi connectivity index (χ4n) is 4.01. The van der Waals surface area contributed by atoms with Crippen LogP contribution in [0.2, 0.25) is 0 Å². The number of para-hydroxylation sites is 1. The van der Waals surface area contributed by atoms with Crippen molar-refractivity contribution >= 4 is 23.6 Å². The van der Waals surface area contributed by atoms with Crippen LogP contribution >= 0.6 is 0 Å². The fraction of sp³-hybridized carbons (Fsp3) is 0.269. The third-order valence-corrected chi connectivity index (χ3v) is 5.90. The fourth-order valence-corrected chi connectivity index (χ4v) is 4.01. The first-order valence-corrected chi connectivity index (χ1v) is 11.2. The van der Waals surface area contributed by atoms with Crippen molar-refractivity contribution in [2.45, 2.75) is 13.8 Å². The summed E-state index contributed by atoms with van der Waals surface area (Å²) >= 11 is 0. The van der Waals surface area contributed by atoms with Gasteiger partial charge in [-0.2, -0.15) is 5.10 Å². The molecule has 1 saturated heterocycles. The standard InChI is InChI=1S/C26H27FN4O3/c1-19-24(20(2)31(28-19)23-6-4-3-5-7-23)12-13-26(33)34-18-25(32)30-16-14-29(15-17-30)22-10-8-21(27)9-11-22/h3-13H,14-18H2,1-2H3/b13-12+. The lowest BCUT2D eigenvalue weighted by Gasteiger charge is -2.36. The average molecular weight is 463 g/mol. The first-order valence-electron chi connectivity index (χ1n) is 11.2. The lowest BCUT2D eigenvalue weighted by atomic mass is 10.2. The molecule has 0 atom stereocenters. The number of nitrogens with zero attached hydrogens (tertiary/aromatic N) is 4. The zero-order valence-corrected chi connectivity index (χ0v) is 19.3. The van der Waals surface area contributed by atoms with E-state index in [-0.39, 0.29) is 18.3 Å². The van der Waals surface area contributed by atoms with Gasteiger partial charge in [0.1, 0.15) is 5.82 Å². The normalized spacial score (nSPS) is 14.0. The van der Waals surface area contributed by atoms with Crippen molar-refractivity contribution in [2.75, 3.05) is 37.7 Å². The third kappa shape index (κ3) is 5.33. The Balaban J connectivity index is 1.28. The number of aryl methyl sites for hydroxylation is 1. The van der Waals surface area contributed by atoms with Gasteiger partial charge in [0.25, 0.3) is 5.91 Å². The molecule has 1 fully saturated rings. The molecule has 0 N–H and O–H groups in total. The molecule has 7 nitrogen and oxygen atoms in total. The van der Waals surface area contributed by atoms with Gasteiger partial charge in [0.15, 0.2) is 6.61 Å². The number of rotatable bonds is 6. The molecule has 2 aromatic carbocycles. The Morgan fingerprint density at radius 3 is 2.32 bits per heavy atom. The maximum atomic E-state index is 13.1. The molecule has 4 rings (SSSR count). The van der Waals surface area contributed by atoms with Gasteiger partial charge in [-0.3, -0.25) is 4.79 Å². The summed E-state index contributed by atoms with van der Waals surface area (Å²) in [5.41, 5.74) is 4.40. The Bertz CT molecular complexity index is 1180. The SMILES string of the molecule is Cc1nn(-c2ccccc2)c(C)c1/C=C/C(=O)OCC(=O)N1CCN(c2ccc(F)cc2)CC1. The number of anilines is 1. The Kier molecular flexibility index (Phi) is 7.06. The molecule has 0 aliphatic carbocycles. The van der Waals surface area contributed by atoms with E-state index in [9.17, 15) is 14.0 Å². The predicted molar refractivity (Wildman–Crippen MR) is 128 cm³/mol. The van der Waals surface area contributed by atoms with Crippen molar-refractivity contribution in [1.82, 2.24) is 14.7 Å². The molecule has 0 saturated carbocycles. The van der Waals surface area contributed by atoms with Crippen molar-refractivity contribution < 1.29 is 18.7 Å². The van der Waals surface area contributed by atoms with Crippen LogP contribution in [0.3, 0.4) is 0 Å². The third-order valence-electron chi connectivity index (χ3n) is 5.90. The number of amides is 1. The number of carbonyl (C=O) groups is 2. The molecule has 8 heteroatoms. The smallest absolute Gasteiger partial charge is 0.331 e. The van der Waals surface area contributed by atoms with Crippen LogP contribution in [-0.4, -0.2) is 59.3 Å². The average Bonchev–Trinajstić information content (AvgIpc) is 3.15. The van der Waals surface area contributed by atoms with Gasteiger partial charge in [-0.15, -0.1) is 0 Å². The highest BCUT2D eigenvalue weighted by molar-refractivity contribution is 5.89. The van der Waals surface area contributed by atoms with Crippen LogP contribution in [0.25, 0.3) is 11.8 Å². The molecule has 0 radical (unpaired) electrons. The van der Waals surface area contributed by atoms with E-state index in [4.69, 9.17) is 4.74 Å². The molecule has 34 heavy (non-hydrogen) atoms. The topological polar surface area (TPSA) is 67.7 Å². The zero-order valence-electron chi connectivity index (χ0n) is 19.3. The maximum Gasteiger partial charge on any atom is 0.331 e. The van der Waals surface area contributed by atoms with E-state index in [1.807, 2.05) is 48.9 Å². The molecule has 1 aliphatic heterocycles. The van der Waals surface area contributed by atoms with Crippen LogP contribution in [0.4, 0.5) is 10.1 Å². The Morgan fingerprint density at radius 1 is 0.971 bits per heavy atom. The molecule has 0 spiro atoms.